The Kier molecular flexibility index (Phi) is 7.14. The molecule has 6 nitrogen and oxygen atoms in total. The van der Waals surface area contributed by atoms with E-state index in [-0.39, 0.29) is 12.0 Å². The third-order valence-electron chi connectivity index (χ3n) is 4.53. The van der Waals surface area contributed by atoms with E-state index >= 15 is 0 Å². The Labute approximate surface area is 166 Å². The zero-order chi connectivity index (χ0) is 19.8. The highest BCUT2D eigenvalue weighted by Crippen LogP contribution is 2.30. The topological polar surface area (TPSA) is 60.0 Å². The molecule has 1 aliphatic rings. The van der Waals surface area contributed by atoms with Crippen LogP contribution < -0.4 is 19.5 Å². The van der Waals surface area contributed by atoms with Crippen molar-refractivity contribution in [1.29, 1.82) is 0 Å². The quantitative estimate of drug-likeness (QED) is 0.674. The van der Waals surface area contributed by atoms with Crippen LogP contribution in [0.25, 0.3) is 0 Å². The Morgan fingerprint density at radius 2 is 2.04 bits per heavy atom. The summed E-state index contributed by atoms with van der Waals surface area (Å²) in [5, 5.41) is 2.91. The summed E-state index contributed by atoms with van der Waals surface area (Å²) in [4.78, 5) is 14.3. The number of rotatable bonds is 9. The molecule has 1 aliphatic heterocycles. The Hall–Kier alpha value is -2.73. The zero-order valence-electron chi connectivity index (χ0n) is 16.5. The van der Waals surface area contributed by atoms with Gasteiger partial charge in [0, 0.05) is 6.54 Å². The van der Waals surface area contributed by atoms with Gasteiger partial charge in [0.2, 0.25) is 5.91 Å². The molecule has 3 rings (SSSR count). The number of amides is 1. The van der Waals surface area contributed by atoms with Gasteiger partial charge in [0.05, 0.1) is 13.1 Å². The second kappa shape index (κ2) is 9.99. The van der Waals surface area contributed by atoms with Crippen molar-refractivity contribution in [1.82, 2.24) is 10.2 Å². The van der Waals surface area contributed by atoms with E-state index in [4.69, 9.17) is 14.2 Å². The number of carbonyl (C=O) groups excluding carboxylic acids is 1. The molecular formula is C22H28N2O4. The van der Waals surface area contributed by atoms with E-state index in [1.165, 1.54) is 0 Å². The van der Waals surface area contributed by atoms with Crippen molar-refractivity contribution in [2.75, 3.05) is 39.4 Å². The first-order chi connectivity index (χ1) is 13.6. The monoisotopic (exact) mass is 384 g/mol. The number of nitrogens with zero attached hydrogens (tertiary/aromatic N) is 1. The predicted molar refractivity (Wildman–Crippen MR) is 108 cm³/mol. The van der Waals surface area contributed by atoms with Gasteiger partial charge in [-0.3, -0.25) is 9.69 Å². The van der Waals surface area contributed by atoms with Crippen LogP contribution in [-0.2, 0) is 4.79 Å². The van der Waals surface area contributed by atoms with Gasteiger partial charge in [0.25, 0.3) is 0 Å². The lowest BCUT2D eigenvalue weighted by Crippen LogP contribution is -2.45. The van der Waals surface area contributed by atoms with Crippen LogP contribution in [0, 0.1) is 6.92 Å². The molecule has 0 fully saturated rings. The van der Waals surface area contributed by atoms with Gasteiger partial charge in [0.15, 0.2) is 11.5 Å². The van der Waals surface area contributed by atoms with Crippen molar-refractivity contribution in [3.8, 4) is 17.2 Å². The number of likely N-dealkylation sites (N-methyl/N-ethyl adjacent to an activating group) is 1. The Morgan fingerprint density at radius 1 is 1.21 bits per heavy atom. The maximum atomic E-state index is 12.2. The number of fused-ring (bicyclic) bond motifs is 1. The molecule has 1 amide bonds. The van der Waals surface area contributed by atoms with Crippen molar-refractivity contribution in [2.45, 2.75) is 20.0 Å². The fraction of sp³-hybridized carbons (Fsp3) is 0.409. The van der Waals surface area contributed by atoms with Crippen LogP contribution in [0.5, 0.6) is 17.2 Å². The fourth-order valence-electron chi connectivity index (χ4n) is 3.07. The van der Waals surface area contributed by atoms with Gasteiger partial charge in [-0.05, 0) is 43.3 Å². The predicted octanol–water partition coefficient (Wildman–Crippen LogP) is 2.65. The van der Waals surface area contributed by atoms with Gasteiger partial charge in [-0.15, -0.1) is 0 Å². The lowest BCUT2D eigenvalue weighted by Gasteiger charge is -2.30. The van der Waals surface area contributed by atoms with Crippen LogP contribution in [-0.4, -0.2) is 56.3 Å². The summed E-state index contributed by atoms with van der Waals surface area (Å²) in [7, 11) is 0. The molecule has 1 N–H and O–H groups in total. The Bertz CT molecular complexity index is 781. The third kappa shape index (κ3) is 5.89. The minimum Gasteiger partial charge on any atom is -0.492 e. The first-order valence-corrected chi connectivity index (χ1v) is 9.71. The lowest BCUT2D eigenvalue weighted by atomic mass is 10.2. The lowest BCUT2D eigenvalue weighted by molar-refractivity contribution is -0.122. The number of nitrogens with one attached hydrogen (secondary N) is 1. The van der Waals surface area contributed by atoms with Gasteiger partial charge in [-0.2, -0.15) is 0 Å². The highest BCUT2D eigenvalue weighted by atomic mass is 16.6. The first kappa shape index (κ1) is 20.0. The summed E-state index contributed by atoms with van der Waals surface area (Å²) in [6.45, 7) is 7.17. The second-order valence-electron chi connectivity index (χ2n) is 6.84. The zero-order valence-corrected chi connectivity index (χ0v) is 16.5. The first-order valence-electron chi connectivity index (χ1n) is 9.71. The fourth-order valence-corrected chi connectivity index (χ4v) is 3.07. The molecule has 0 bridgehead atoms. The van der Waals surface area contributed by atoms with Gasteiger partial charge in [-0.25, -0.2) is 0 Å². The molecule has 1 atom stereocenters. The summed E-state index contributed by atoms with van der Waals surface area (Å²) in [5.41, 5.74) is 1.15. The molecular weight excluding hydrogens is 356 g/mol. The van der Waals surface area contributed by atoms with E-state index in [9.17, 15) is 4.79 Å². The number of para-hydroxylation sites is 2. The minimum absolute atomic E-state index is 0.0215. The van der Waals surface area contributed by atoms with Gasteiger partial charge in [0.1, 0.15) is 25.1 Å². The van der Waals surface area contributed by atoms with E-state index < -0.39 is 0 Å². The highest BCUT2D eigenvalue weighted by Gasteiger charge is 2.23. The van der Waals surface area contributed by atoms with Crippen molar-refractivity contribution >= 4 is 5.91 Å². The molecule has 6 heteroatoms. The van der Waals surface area contributed by atoms with Crippen LogP contribution in [0.1, 0.15) is 12.5 Å². The molecule has 28 heavy (non-hydrogen) atoms. The smallest absolute Gasteiger partial charge is 0.234 e. The van der Waals surface area contributed by atoms with Crippen molar-refractivity contribution in [3.05, 3.63) is 54.1 Å². The molecule has 2 aromatic rings. The van der Waals surface area contributed by atoms with E-state index in [0.717, 1.165) is 29.4 Å². The molecule has 0 radical (unpaired) electrons. The van der Waals surface area contributed by atoms with Crippen LogP contribution in [0.2, 0.25) is 0 Å². The average molecular weight is 384 g/mol. The molecule has 0 saturated carbocycles. The van der Waals surface area contributed by atoms with Gasteiger partial charge >= 0.3 is 0 Å². The molecule has 0 saturated heterocycles. The van der Waals surface area contributed by atoms with Crippen molar-refractivity contribution in [3.63, 3.8) is 0 Å². The van der Waals surface area contributed by atoms with E-state index in [2.05, 4.69) is 10.2 Å². The van der Waals surface area contributed by atoms with Crippen LogP contribution in [0.4, 0.5) is 0 Å². The summed E-state index contributed by atoms with van der Waals surface area (Å²) < 4.78 is 17.4. The van der Waals surface area contributed by atoms with Crippen LogP contribution in [0.15, 0.2) is 48.5 Å². The molecule has 1 unspecified atom stereocenters. The summed E-state index contributed by atoms with van der Waals surface area (Å²) in [6.07, 6.45) is -0.0905. The molecule has 2 aromatic carbocycles. The normalized spacial score (nSPS) is 15.3. The Balaban J connectivity index is 1.37. The van der Waals surface area contributed by atoms with Crippen molar-refractivity contribution in [2.24, 2.45) is 0 Å². The average Bonchev–Trinajstić information content (AvgIpc) is 2.70. The standard InChI is InChI=1S/C22H28N2O4/c1-3-24(14-19-16-27-20-9-4-5-10-21(20)28-19)15-22(25)23-11-12-26-18-8-6-7-17(2)13-18/h4-10,13,19H,3,11-12,14-16H2,1-2H3,(H,23,25). The van der Waals surface area contributed by atoms with Gasteiger partial charge < -0.3 is 19.5 Å². The highest BCUT2D eigenvalue weighted by molar-refractivity contribution is 5.78. The largest absolute Gasteiger partial charge is 0.492 e. The molecule has 0 aromatic heterocycles. The Morgan fingerprint density at radius 3 is 2.82 bits per heavy atom. The van der Waals surface area contributed by atoms with Crippen molar-refractivity contribution < 1.29 is 19.0 Å². The number of ether oxygens (including phenoxy) is 3. The van der Waals surface area contributed by atoms with E-state index in [1.54, 1.807) is 0 Å². The molecule has 150 valence electrons. The number of carbonyl (C=O) groups is 1. The van der Waals surface area contributed by atoms with E-state index in [1.807, 2.05) is 62.4 Å². The second-order valence-corrected chi connectivity index (χ2v) is 6.84. The maximum absolute atomic E-state index is 12.2. The molecule has 1 heterocycles. The summed E-state index contributed by atoms with van der Waals surface area (Å²) in [5.74, 6) is 2.33. The minimum atomic E-state index is -0.0905. The summed E-state index contributed by atoms with van der Waals surface area (Å²) >= 11 is 0. The number of hydrogen-bond donors (Lipinski definition) is 1. The maximum Gasteiger partial charge on any atom is 0.234 e. The van der Waals surface area contributed by atoms with Crippen LogP contribution in [0.3, 0.4) is 0 Å². The molecule has 0 spiro atoms. The number of hydrogen-bond acceptors (Lipinski definition) is 5. The number of benzene rings is 2. The van der Waals surface area contributed by atoms with Gasteiger partial charge in [-0.1, -0.05) is 31.2 Å². The summed E-state index contributed by atoms with van der Waals surface area (Å²) in [6, 6.07) is 15.5. The SMILES string of the molecule is CCN(CC(=O)NCCOc1cccc(C)c1)CC1COc2ccccc2O1. The number of aryl methyl sites for hydroxylation is 1. The third-order valence-corrected chi connectivity index (χ3v) is 4.53. The molecule has 0 aliphatic carbocycles. The van der Waals surface area contributed by atoms with E-state index in [0.29, 0.717) is 32.8 Å². The van der Waals surface area contributed by atoms with Crippen LogP contribution >= 0.6 is 0 Å².